The molecule has 0 unspecified atom stereocenters. The highest BCUT2D eigenvalue weighted by atomic mass is 16.4. The summed E-state index contributed by atoms with van der Waals surface area (Å²) in [5.74, 6) is -1.85. The molecule has 0 amide bonds. The van der Waals surface area contributed by atoms with Crippen LogP contribution in [-0.4, -0.2) is 21.8 Å². The molecule has 4 aromatic rings. The Kier molecular flexibility index (Phi) is 3.82. The van der Waals surface area contributed by atoms with E-state index in [-0.39, 0.29) is 17.0 Å². The van der Waals surface area contributed by atoms with Crippen LogP contribution in [0.4, 0.5) is 0 Å². The number of hydrogen-bond donors (Lipinski definition) is 1. The average Bonchev–Trinajstić information content (AvgIpc) is 3.11. The number of oxazole rings is 1. The maximum atomic E-state index is 12.7. The molecule has 1 N–H and O–H groups in total. The summed E-state index contributed by atoms with van der Waals surface area (Å²) in [6, 6.07) is 21.3. The third-order valence-electron chi connectivity index (χ3n) is 4.09. The van der Waals surface area contributed by atoms with Gasteiger partial charge < -0.3 is 9.52 Å². The molecule has 1 heterocycles. The molecule has 0 aliphatic carbocycles. The van der Waals surface area contributed by atoms with Gasteiger partial charge in [-0.1, -0.05) is 48.5 Å². The SMILES string of the molecule is O=C(O)c1ccccc1C(=O)c1nc2cc(-c3ccccc3)ccc2o1. The normalized spacial score (nSPS) is 10.8. The van der Waals surface area contributed by atoms with E-state index in [1.165, 1.54) is 12.1 Å². The third-order valence-corrected chi connectivity index (χ3v) is 4.09. The lowest BCUT2D eigenvalue weighted by Crippen LogP contribution is -2.09. The van der Waals surface area contributed by atoms with Gasteiger partial charge in [-0.3, -0.25) is 4.79 Å². The number of aromatic carboxylic acids is 1. The van der Waals surface area contributed by atoms with Gasteiger partial charge in [0.1, 0.15) is 5.52 Å². The van der Waals surface area contributed by atoms with Crippen LogP contribution < -0.4 is 0 Å². The molecule has 1 aromatic heterocycles. The molecule has 0 saturated heterocycles. The van der Waals surface area contributed by atoms with Gasteiger partial charge in [-0.15, -0.1) is 0 Å². The van der Waals surface area contributed by atoms with Gasteiger partial charge in [0, 0.05) is 5.56 Å². The highest BCUT2D eigenvalue weighted by Crippen LogP contribution is 2.26. The highest BCUT2D eigenvalue weighted by Gasteiger charge is 2.22. The van der Waals surface area contributed by atoms with Gasteiger partial charge in [0.25, 0.3) is 5.89 Å². The Balaban J connectivity index is 1.76. The fraction of sp³-hybridized carbons (Fsp3) is 0. The van der Waals surface area contributed by atoms with Crippen LogP contribution >= 0.6 is 0 Å². The number of aromatic nitrogens is 1. The van der Waals surface area contributed by atoms with Gasteiger partial charge in [0.15, 0.2) is 5.58 Å². The fourth-order valence-electron chi connectivity index (χ4n) is 2.82. The lowest BCUT2D eigenvalue weighted by Gasteiger charge is -2.01. The van der Waals surface area contributed by atoms with Crippen molar-refractivity contribution < 1.29 is 19.1 Å². The summed E-state index contributed by atoms with van der Waals surface area (Å²) >= 11 is 0. The second-order valence-electron chi connectivity index (χ2n) is 5.75. The molecule has 5 heteroatoms. The molecule has 0 saturated carbocycles. The van der Waals surface area contributed by atoms with E-state index in [1.807, 2.05) is 42.5 Å². The van der Waals surface area contributed by atoms with Gasteiger partial charge >= 0.3 is 5.97 Å². The molecule has 0 atom stereocenters. The zero-order valence-corrected chi connectivity index (χ0v) is 13.5. The Morgan fingerprint density at radius 3 is 2.23 bits per heavy atom. The summed E-state index contributed by atoms with van der Waals surface area (Å²) in [5.41, 5.74) is 2.97. The molecule has 0 bridgehead atoms. The maximum absolute atomic E-state index is 12.7. The van der Waals surface area contributed by atoms with Gasteiger partial charge in [-0.05, 0) is 35.4 Å². The lowest BCUT2D eigenvalue weighted by atomic mass is 10.0. The van der Waals surface area contributed by atoms with E-state index in [4.69, 9.17) is 4.42 Å². The summed E-state index contributed by atoms with van der Waals surface area (Å²) in [5, 5.41) is 9.26. The molecule has 0 fully saturated rings. The molecule has 0 radical (unpaired) electrons. The molecule has 0 aliphatic rings. The number of fused-ring (bicyclic) bond motifs is 1. The zero-order chi connectivity index (χ0) is 18.1. The van der Waals surface area contributed by atoms with Crippen LogP contribution in [0.15, 0.2) is 77.2 Å². The Bertz CT molecular complexity index is 1130. The Morgan fingerprint density at radius 1 is 0.808 bits per heavy atom. The summed E-state index contributed by atoms with van der Waals surface area (Å²) in [6.07, 6.45) is 0. The van der Waals surface area contributed by atoms with Crippen LogP contribution in [0.3, 0.4) is 0 Å². The number of benzene rings is 3. The van der Waals surface area contributed by atoms with E-state index in [0.717, 1.165) is 11.1 Å². The number of ketones is 1. The van der Waals surface area contributed by atoms with E-state index in [1.54, 1.807) is 18.2 Å². The third kappa shape index (κ3) is 2.75. The van der Waals surface area contributed by atoms with Crippen LogP contribution in [0.25, 0.3) is 22.2 Å². The second kappa shape index (κ2) is 6.29. The van der Waals surface area contributed by atoms with E-state index < -0.39 is 11.8 Å². The number of carbonyl (C=O) groups is 2. The van der Waals surface area contributed by atoms with Crippen molar-refractivity contribution in [3.63, 3.8) is 0 Å². The monoisotopic (exact) mass is 343 g/mol. The number of hydrogen-bond acceptors (Lipinski definition) is 4. The van der Waals surface area contributed by atoms with Crippen LogP contribution in [0.1, 0.15) is 26.6 Å². The van der Waals surface area contributed by atoms with Gasteiger partial charge in [0.05, 0.1) is 5.56 Å². The predicted molar refractivity (Wildman–Crippen MR) is 96.3 cm³/mol. The van der Waals surface area contributed by atoms with Gasteiger partial charge in [-0.25, -0.2) is 9.78 Å². The summed E-state index contributed by atoms with van der Waals surface area (Å²) in [7, 11) is 0. The molecule has 4 rings (SSSR count). The minimum Gasteiger partial charge on any atom is -0.478 e. The summed E-state index contributed by atoms with van der Waals surface area (Å²) in [6.45, 7) is 0. The standard InChI is InChI=1S/C21H13NO4/c23-19(15-8-4-5-9-16(15)21(24)25)20-22-17-12-14(10-11-18(17)26-20)13-6-2-1-3-7-13/h1-12H,(H,24,25). The number of nitrogens with zero attached hydrogens (tertiary/aromatic N) is 1. The van der Waals surface area contributed by atoms with Crippen molar-refractivity contribution >= 4 is 22.9 Å². The van der Waals surface area contributed by atoms with Crippen molar-refractivity contribution in [1.82, 2.24) is 4.98 Å². The number of rotatable bonds is 4. The van der Waals surface area contributed by atoms with Gasteiger partial charge in [-0.2, -0.15) is 0 Å². The van der Waals surface area contributed by atoms with E-state index in [9.17, 15) is 14.7 Å². The first-order valence-electron chi connectivity index (χ1n) is 7.96. The number of carbonyl (C=O) groups excluding carboxylic acids is 1. The predicted octanol–water partition coefficient (Wildman–Crippen LogP) is 4.42. The largest absolute Gasteiger partial charge is 0.478 e. The van der Waals surface area contributed by atoms with E-state index in [2.05, 4.69) is 4.98 Å². The first-order valence-corrected chi connectivity index (χ1v) is 7.96. The first-order chi connectivity index (χ1) is 12.6. The molecular weight excluding hydrogens is 330 g/mol. The number of carboxylic acids is 1. The van der Waals surface area contributed by atoms with Crippen molar-refractivity contribution in [2.75, 3.05) is 0 Å². The molecule has 3 aromatic carbocycles. The highest BCUT2D eigenvalue weighted by molar-refractivity contribution is 6.12. The van der Waals surface area contributed by atoms with Gasteiger partial charge in [0.2, 0.25) is 5.78 Å². The Labute approximate surface area is 148 Å². The minimum atomic E-state index is -1.17. The molecular formula is C21H13NO4. The topological polar surface area (TPSA) is 80.4 Å². The van der Waals surface area contributed by atoms with Crippen molar-refractivity contribution in [3.05, 3.63) is 89.8 Å². The number of carboxylic acid groups (broad SMARTS) is 1. The summed E-state index contributed by atoms with van der Waals surface area (Å²) < 4.78 is 5.56. The fourth-order valence-corrected chi connectivity index (χ4v) is 2.82. The van der Waals surface area contributed by atoms with E-state index >= 15 is 0 Å². The minimum absolute atomic E-state index is 0.0508. The summed E-state index contributed by atoms with van der Waals surface area (Å²) in [4.78, 5) is 28.3. The second-order valence-corrected chi connectivity index (χ2v) is 5.75. The first kappa shape index (κ1) is 15.8. The quantitative estimate of drug-likeness (QED) is 0.555. The molecule has 26 heavy (non-hydrogen) atoms. The molecule has 5 nitrogen and oxygen atoms in total. The maximum Gasteiger partial charge on any atom is 0.336 e. The van der Waals surface area contributed by atoms with Crippen molar-refractivity contribution in [2.24, 2.45) is 0 Å². The van der Waals surface area contributed by atoms with Crippen LogP contribution in [-0.2, 0) is 0 Å². The van der Waals surface area contributed by atoms with Crippen LogP contribution in [0.5, 0.6) is 0 Å². The Morgan fingerprint density at radius 2 is 1.50 bits per heavy atom. The Hall–Kier alpha value is -3.73. The van der Waals surface area contributed by atoms with Crippen molar-refractivity contribution in [3.8, 4) is 11.1 Å². The zero-order valence-electron chi connectivity index (χ0n) is 13.5. The average molecular weight is 343 g/mol. The van der Waals surface area contributed by atoms with Crippen molar-refractivity contribution in [1.29, 1.82) is 0 Å². The molecule has 0 spiro atoms. The smallest absolute Gasteiger partial charge is 0.336 e. The molecule has 126 valence electrons. The molecule has 0 aliphatic heterocycles. The lowest BCUT2D eigenvalue weighted by molar-refractivity contribution is 0.0692. The van der Waals surface area contributed by atoms with Crippen molar-refractivity contribution in [2.45, 2.75) is 0 Å². The van der Waals surface area contributed by atoms with Crippen LogP contribution in [0.2, 0.25) is 0 Å². The van der Waals surface area contributed by atoms with E-state index in [0.29, 0.717) is 11.1 Å². The van der Waals surface area contributed by atoms with Crippen LogP contribution in [0, 0.1) is 0 Å².